The molecule has 0 atom stereocenters. The number of oxime groups is 1. The van der Waals surface area contributed by atoms with Crippen LogP contribution in [-0.2, 0) is 14.4 Å². The van der Waals surface area contributed by atoms with Crippen molar-refractivity contribution in [3.8, 4) is 6.07 Å². The highest BCUT2D eigenvalue weighted by atomic mass is 32.2. The average molecular weight is 316 g/mol. The number of rotatable bonds is 5. The summed E-state index contributed by atoms with van der Waals surface area (Å²) in [5, 5.41) is 12.4. The van der Waals surface area contributed by atoms with Crippen molar-refractivity contribution in [3.05, 3.63) is 23.8 Å². The van der Waals surface area contributed by atoms with Crippen LogP contribution in [0.25, 0.3) is 0 Å². The first-order valence-electron chi connectivity index (χ1n) is 5.00. The second-order valence-corrected chi connectivity index (χ2v) is 6.65. The third-order valence-electron chi connectivity index (χ3n) is 2.03. The number of nitrogens with zero attached hydrogens (tertiary/aromatic N) is 2. The summed E-state index contributed by atoms with van der Waals surface area (Å²) in [6.07, 6.45) is 4.76. The first-order chi connectivity index (χ1) is 8.91. The van der Waals surface area contributed by atoms with Crippen LogP contribution in [0.4, 0.5) is 0 Å². The molecule has 0 unspecified atom stereocenters. The lowest BCUT2D eigenvalue weighted by molar-refractivity contribution is 0.344. The van der Waals surface area contributed by atoms with Crippen LogP contribution in [0.3, 0.4) is 0 Å². The number of hydrogen-bond acceptors (Lipinski definition) is 7. The Morgan fingerprint density at radius 1 is 1.32 bits per heavy atom. The highest BCUT2D eigenvalue weighted by Crippen LogP contribution is 2.29. The highest BCUT2D eigenvalue weighted by Gasteiger charge is 2.09. The molecule has 0 spiro atoms. The fourth-order valence-electron chi connectivity index (χ4n) is 1.23. The molecule has 5 nitrogen and oxygen atoms in total. The van der Waals surface area contributed by atoms with Gasteiger partial charge in [0.05, 0.1) is 6.26 Å². The molecular weight excluding hydrogens is 304 g/mol. The lowest BCUT2D eigenvalue weighted by Gasteiger charge is -2.06. The monoisotopic (exact) mass is 316 g/mol. The largest absolute Gasteiger partial charge is 0.325 e. The predicted molar refractivity (Wildman–Crippen MR) is 78.1 cm³/mol. The maximum Gasteiger partial charge on any atom is 0.325 e. The summed E-state index contributed by atoms with van der Waals surface area (Å²) < 4.78 is 26.0. The Kier molecular flexibility index (Phi) is 5.72. The van der Waals surface area contributed by atoms with E-state index in [1.54, 1.807) is 35.7 Å². The van der Waals surface area contributed by atoms with Gasteiger partial charge in [0, 0.05) is 15.4 Å². The zero-order valence-electron chi connectivity index (χ0n) is 10.6. The van der Waals surface area contributed by atoms with Crippen LogP contribution in [0.2, 0.25) is 0 Å². The van der Waals surface area contributed by atoms with Gasteiger partial charge in [-0.15, -0.1) is 23.5 Å². The first-order valence-corrected chi connectivity index (χ1v) is 9.27. The van der Waals surface area contributed by atoms with Crippen molar-refractivity contribution in [2.24, 2.45) is 5.16 Å². The molecule has 8 heteroatoms. The van der Waals surface area contributed by atoms with E-state index in [9.17, 15) is 8.42 Å². The Hall–Kier alpha value is -1.17. The second-order valence-electron chi connectivity index (χ2n) is 3.40. The molecule has 0 amide bonds. The molecule has 19 heavy (non-hydrogen) atoms. The van der Waals surface area contributed by atoms with E-state index in [1.807, 2.05) is 24.6 Å². The van der Waals surface area contributed by atoms with E-state index in [4.69, 9.17) is 5.26 Å². The molecule has 0 bridgehead atoms. The Morgan fingerprint density at radius 2 is 1.95 bits per heavy atom. The molecule has 1 rings (SSSR count). The summed E-state index contributed by atoms with van der Waals surface area (Å²) >= 11 is 3.14. The normalized spacial score (nSPS) is 12.0. The van der Waals surface area contributed by atoms with Gasteiger partial charge in [0.2, 0.25) is 0 Å². The maximum absolute atomic E-state index is 10.9. The molecule has 1 aromatic carbocycles. The van der Waals surface area contributed by atoms with E-state index in [0.29, 0.717) is 5.56 Å². The van der Waals surface area contributed by atoms with Gasteiger partial charge in [-0.1, -0.05) is 11.2 Å². The minimum absolute atomic E-state index is 0.0756. The smallest absolute Gasteiger partial charge is 0.267 e. The van der Waals surface area contributed by atoms with E-state index < -0.39 is 10.1 Å². The van der Waals surface area contributed by atoms with E-state index in [0.717, 1.165) is 16.0 Å². The molecule has 0 heterocycles. The minimum Gasteiger partial charge on any atom is -0.267 e. The molecule has 0 saturated carbocycles. The molecule has 0 radical (unpaired) electrons. The minimum atomic E-state index is -3.71. The molecule has 0 aliphatic rings. The summed E-state index contributed by atoms with van der Waals surface area (Å²) in [6, 6.07) is 7.17. The Balaban J connectivity index is 3.17. The third kappa shape index (κ3) is 4.78. The molecule has 102 valence electrons. The fraction of sp³-hybridized carbons (Fsp3) is 0.273. The molecule has 1 aromatic rings. The summed E-state index contributed by atoms with van der Waals surface area (Å²) in [5.74, 6) is 0. The van der Waals surface area contributed by atoms with Gasteiger partial charge in [-0.25, -0.2) is 0 Å². The van der Waals surface area contributed by atoms with E-state index in [1.165, 1.54) is 0 Å². The van der Waals surface area contributed by atoms with E-state index in [-0.39, 0.29) is 5.71 Å². The van der Waals surface area contributed by atoms with E-state index >= 15 is 0 Å². The number of nitriles is 1. The van der Waals surface area contributed by atoms with Crippen LogP contribution in [0.15, 0.2) is 33.1 Å². The number of benzene rings is 1. The van der Waals surface area contributed by atoms with Gasteiger partial charge in [0.25, 0.3) is 0 Å². The fourth-order valence-corrected chi connectivity index (χ4v) is 2.91. The summed E-state index contributed by atoms with van der Waals surface area (Å²) in [5.41, 5.74) is 0.446. The van der Waals surface area contributed by atoms with Crippen molar-refractivity contribution >= 4 is 39.4 Å². The van der Waals surface area contributed by atoms with Crippen LogP contribution in [-0.4, -0.2) is 32.9 Å². The van der Waals surface area contributed by atoms with Gasteiger partial charge < -0.3 is 0 Å². The van der Waals surface area contributed by atoms with Gasteiger partial charge in [-0.2, -0.15) is 13.7 Å². The zero-order chi connectivity index (χ0) is 14.5. The maximum atomic E-state index is 10.9. The van der Waals surface area contributed by atoms with Gasteiger partial charge in [0.1, 0.15) is 6.07 Å². The summed E-state index contributed by atoms with van der Waals surface area (Å²) in [6.45, 7) is 0. The van der Waals surface area contributed by atoms with Crippen molar-refractivity contribution < 1.29 is 12.7 Å². The molecule has 0 aliphatic heterocycles. The molecule has 0 aliphatic carbocycles. The van der Waals surface area contributed by atoms with Gasteiger partial charge in [-0.3, -0.25) is 4.28 Å². The van der Waals surface area contributed by atoms with Crippen LogP contribution in [0, 0.1) is 11.3 Å². The lowest BCUT2D eigenvalue weighted by atomic mass is 10.1. The standard InChI is InChI=1S/C11H12N2O3S3/c1-17-10-5-4-8(6-11(10)18-2)9(7-12)13-16-19(3,14)15/h4-6H,1-3H3. The van der Waals surface area contributed by atoms with Gasteiger partial charge in [-0.05, 0) is 24.6 Å². The quantitative estimate of drug-likeness (QED) is 0.471. The highest BCUT2D eigenvalue weighted by molar-refractivity contribution is 8.01. The Morgan fingerprint density at radius 3 is 2.42 bits per heavy atom. The van der Waals surface area contributed by atoms with Crippen LogP contribution >= 0.6 is 23.5 Å². The Labute approximate surface area is 121 Å². The predicted octanol–water partition coefficient (Wildman–Crippen LogP) is 2.33. The summed E-state index contributed by atoms with van der Waals surface area (Å²) in [7, 11) is -3.71. The van der Waals surface area contributed by atoms with Crippen LogP contribution in [0.1, 0.15) is 5.56 Å². The topological polar surface area (TPSA) is 79.5 Å². The van der Waals surface area contributed by atoms with Crippen molar-refractivity contribution in [1.29, 1.82) is 5.26 Å². The lowest BCUT2D eigenvalue weighted by Crippen LogP contribution is -2.03. The molecule has 0 N–H and O–H groups in total. The average Bonchev–Trinajstić information content (AvgIpc) is 2.37. The van der Waals surface area contributed by atoms with Crippen molar-refractivity contribution in [3.63, 3.8) is 0 Å². The zero-order valence-corrected chi connectivity index (χ0v) is 13.0. The molecule has 0 fully saturated rings. The number of thioether (sulfide) groups is 2. The molecular formula is C11H12N2O3S3. The van der Waals surface area contributed by atoms with Crippen LogP contribution < -0.4 is 0 Å². The SMILES string of the molecule is CSc1ccc(C(C#N)=NOS(C)(=O)=O)cc1SC. The third-order valence-corrected chi connectivity index (χ3v) is 4.07. The van der Waals surface area contributed by atoms with Gasteiger partial charge in [0.15, 0.2) is 5.71 Å². The summed E-state index contributed by atoms with van der Waals surface area (Å²) in [4.78, 5) is 2.07. The van der Waals surface area contributed by atoms with Crippen molar-refractivity contribution in [1.82, 2.24) is 0 Å². The first kappa shape index (κ1) is 15.9. The van der Waals surface area contributed by atoms with Crippen molar-refractivity contribution in [2.75, 3.05) is 18.8 Å². The Bertz CT molecular complexity index is 633. The van der Waals surface area contributed by atoms with Crippen molar-refractivity contribution in [2.45, 2.75) is 9.79 Å². The second kappa shape index (κ2) is 6.84. The number of hydrogen-bond donors (Lipinski definition) is 0. The molecule has 0 saturated heterocycles. The molecule has 0 aromatic heterocycles. The van der Waals surface area contributed by atoms with Crippen LogP contribution in [0.5, 0.6) is 0 Å². The van der Waals surface area contributed by atoms with E-state index in [2.05, 4.69) is 9.44 Å². The van der Waals surface area contributed by atoms with Gasteiger partial charge >= 0.3 is 10.1 Å².